The van der Waals surface area contributed by atoms with E-state index in [4.69, 9.17) is 0 Å². The molecule has 2 amide bonds. The van der Waals surface area contributed by atoms with Crippen molar-refractivity contribution in [2.45, 2.75) is 19.8 Å². The Morgan fingerprint density at radius 1 is 1.16 bits per heavy atom. The van der Waals surface area contributed by atoms with E-state index < -0.39 is 0 Å². The van der Waals surface area contributed by atoms with Gasteiger partial charge in [0.2, 0.25) is 5.91 Å². The number of carbonyl (C=O) groups is 2. The van der Waals surface area contributed by atoms with Crippen LogP contribution < -0.4 is 5.32 Å². The molecule has 1 saturated heterocycles. The Hall–Kier alpha value is -2.69. The number of anilines is 1. The smallest absolute Gasteiger partial charge is 0.253 e. The van der Waals surface area contributed by atoms with Crippen LogP contribution >= 0.6 is 0 Å². The molecule has 5 heteroatoms. The fraction of sp³-hybridized carbons (Fsp3) is 0.300. The van der Waals surface area contributed by atoms with E-state index in [1.807, 2.05) is 31.2 Å². The summed E-state index contributed by atoms with van der Waals surface area (Å²) in [7, 11) is 0. The molecular weight excluding hydrogens is 319 g/mol. The van der Waals surface area contributed by atoms with Gasteiger partial charge in [-0.3, -0.25) is 9.59 Å². The summed E-state index contributed by atoms with van der Waals surface area (Å²) in [6, 6.07) is 13.2. The monoisotopic (exact) mass is 340 g/mol. The molecule has 1 atom stereocenters. The fourth-order valence-corrected chi connectivity index (χ4v) is 3.12. The molecule has 0 aromatic heterocycles. The lowest BCUT2D eigenvalue weighted by atomic mass is 9.96. The molecule has 1 fully saturated rings. The number of halogens is 1. The van der Waals surface area contributed by atoms with Crippen LogP contribution in [0.15, 0.2) is 48.5 Å². The summed E-state index contributed by atoms with van der Waals surface area (Å²) in [5.41, 5.74) is 2.29. The van der Waals surface area contributed by atoms with E-state index >= 15 is 0 Å². The molecule has 1 N–H and O–H groups in total. The molecule has 0 spiro atoms. The van der Waals surface area contributed by atoms with Gasteiger partial charge in [0.25, 0.3) is 5.91 Å². The van der Waals surface area contributed by atoms with E-state index in [0.717, 1.165) is 24.1 Å². The average molecular weight is 340 g/mol. The van der Waals surface area contributed by atoms with Crippen molar-refractivity contribution < 1.29 is 14.0 Å². The van der Waals surface area contributed by atoms with Crippen molar-refractivity contribution in [1.29, 1.82) is 0 Å². The topological polar surface area (TPSA) is 49.4 Å². The van der Waals surface area contributed by atoms with Gasteiger partial charge in [-0.05, 0) is 61.7 Å². The zero-order valence-corrected chi connectivity index (χ0v) is 14.2. The van der Waals surface area contributed by atoms with Crippen molar-refractivity contribution in [1.82, 2.24) is 4.90 Å². The van der Waals surface area contributed by atoms with Crippen LogP contribution in [0, 0.1) is 18.7 Å². The van der Waals surface area contributed by atoms with Crippen LogP contribution in [-0.4, -0.2) is 29.8 Å². The number of carbonyl (C=O) groups excluding carboxylic acids is 2. The largest absolute Gasteiger partial charge is 0.338 e. The number of hydrogen-bond donors (Lipinski definition) is 1. The third kappa shape index (κ3) is 4.24. The minimum Gasteiger partial charge on any atom is -0.338 e. The standard InChI is InChI=1S/C20H21FN2O2/c1-14-4-2-6-18(12-14)22-19(24)16-5-3-11-23(13-16)20(25)15-7-9-17(21)10-8-15/h2,4,6-10,12,16H,3,5,11,13H2,1H3,(H,22,24). The Labute approximate surface area is 146 Å². The van der Waals surface area contributed by atoms with Crippen molar-refractivity contribution >= 4 is 17.5 Å². The first-order valence-corrected chi connectivity index (χ1v) is 8.45. The van der Waals surface area contributed by atoms with Crippen LogP contribution in [-0.2, 0) is 4.79 Å². The first-order chi connectivity index (χ1) is 12.0. The Bertz CT molecular complexity index is 774. The molecule has 1 heterocycles. The van der Waals surface area contributed by atoms with Crippen LogP contribution in [0.25, 0.3) is 0 Å². The Balaban J connectivity index is 1.65. The molecule has 1 aliphatic rings. The van der Waals surface area contributed by atoms with Gasteiger partial charge in [-0.15, -0.1) is 0 Å². The van der Waals surface area contributed by atoms with Gasteiger partial charge in [-0.1, -0.05) is 12.1 Å². The van der Waals surface area contributed by atoms with E-state index in [-0.39, 0.29) is 23.5 Å². The second-order valence-electron chi connectivity index (χ2n) is 6.46. The highest BCUT2D eigenvalue weighted by Gasteiger charge is 2.29. The maximum atomic E-state index is 13.0. The van der Waals surface area contributed by atoms with Crippen LogP contribution in [0.1, 0.15) is 28.8 Å². The molecule has 1 unspecified atom stereocenters. The number of nitrogens with one attached hydrogen (secondary N) is 1. The normalized spacial score (nSPS) is 17.2. The zero-order chi connectivity index (χ0) is 17.8. The number of hydrogen-bond acceptors (Lipinski definition) is 2. The lowest BCUT2D eigenvalue weighted by Crippen LogP contribution is -2.43. The maximum Gasteiger partial charge on any atom is 0.253 e. The third-order valence-electron chi connectivity index (χ3n) is 4.46. The minimum atomic E-state index is -0.370. The van der Waals surface area contributed by atoms with Crippen molar-refractivity contribution in [3.05, 3.63) is 65.5 Å². The molecule has 25 heavy (non-hydrogen) atoms. The third-order valence-corrected chi connectivity index (χ3v) is 4.46. The van der Waals surface area contributed by atoms with Gasteiger partial charge < -0.3 is 10.2 Å². The van der Waals surface area contributed by atoms with Crippen LogP contribution in [0.2, 0.25) is 0 Å². The van der Waals surface area contributed by atoms with Gasteiger partial charge in [0.1, 0.15) is 5.82 Å². The van der Waals surface area contributed by atoms with E-state index in [1.165, 1.54) is 24.3 Å². The molecule has 130 valence electrons. The van der Waals surface area contributed by atoms with Gasteiger partial charge in [-0.2, -0.15) is 0 Å². The SMILES string of the molecule is Cc1cccc(NC(=O)C2CCCN(C(=O)c3ccc(F)cc3)C2)c1. The summed E-state index contributed by atoms with van der Waals surface area (Å²) in [6.45, 7) is 2.97. The summed E-state index contributed by atoms with van der Waals surface area (Å²) in [4.78, 5) is 26.8. The maximum absolute atomic E-state index is 13.0. The van der Waals surface area contributed by atoms with Crippen LogP contribution in [0.5, 0.6) is 0 Å². The number of amides is 2. The fourth-order valence-electron chi connectivity index (χ4n) is 3.12. The van der Waals surface area contributed by atoms with Gasteiger partial charge in [0, 0.05) is 24.3 Å². The van der Waals surface area contributed by atoms with Crippen LogP contribution in [0.4, 0.5) is 10.1 Å². The molecule has 3 rings (SSSR count). The van der Waals surface area contributed by atoms with Crippen molar-refractivity contribution in [3.8, 4) is 0 Å². The molecule has 0 aliphatic carbocycles. The second-order valence-corrected chi connectivity index (χ2v) is 6.46. The lowest BCUT2D eigenvalue weighted by molar-refractivity contribution is -0.121. The van der Waals surface area contributed by atoms with Gasteiger partial charge >= 0.3 is 0 Å². The number of likely N-dealkylation sites (tertiary alicyclic amines) is 1. The van der Waals surface area contributed by atoms with E-state index in [2.05, 4.69) is 5.32 Å². The molecule has 1 aliphatic heterocycles. The molecule has 4 nitrogen and oxygen atoms in total. The highest BCUT2D eigenvalue weighted by atomic mass is 19.1. The number of benzene rings is 2. The Morgan fingerprint density at radius 3 is 2.64 bits per heavy atom. The summed E-state index contributed by atoms with van der Waals surface area (Å²) >= 11 is 0. The molecule has 2 aromatic carbocycles. The summed E-state index contributed by atoms with van der Waals surface area (Å²) in [6.07, 6.45) is 1.53. The van der Waals surface area contributed by atoms with E-state index in [9.17, 15) is 14.0 Å². The van der Waals surface area contributed by atoms with Crippen molar-refractivity contribution in [2.75, 3.05) is 18.4 Å². The predicted molar refractivity (Wildman–Crippen MR) is 94.8 cm³/mol. The first-order valence-electron chi connectivity index (χ1n) is 8.45. The molecular formula is C20H21FN2O2. The Morgan fingerprint density at radius 2 is 1.92 bits per heavy atom. The van der Waals surface area contributed by atoms with Gasteiger partial charge in [0.05, 0.1) is 5.92 Å². The molecule has 0 radical (unpaired) electrons. The number of piperidine rings is 1. The van der Waals surface area contributed by atoms with Crippen LogP contribution in [0.3, 0.4) is 0 Å². The van der Waals surface area contributed by atoms with Gasteiger partial charge in [0.15, 0.2) is 0 Å². The average Bonchev–Trinajstić information content (AvgIpc) is 2.62. The number of aryl methyl sites for hydroxylation is 1. The van der Waals surface area contributed by atoms with E-state index in [0.29, 0.717) is 18.7 Å². The second kappa shape index (κ2) is 7.47. The molecule has 2 aromatic rings. The van der Waals surface area contributed by atoms with Crippen molar-refractivity contribution in [3.63, 3.8) is 0 Å². The zero-order valence-electron chi connectivity index (χ0n) is 14.2. The minimum absolute atomic E-state index is 0.0674. The summed E-state index contributed by atoms with van der Waals surface area (Å²) in [5.74, 6) is -0.834. The Kier molecular flexibility index (Phi) is 5.12. The first kappa shape index (κ1) is 17.1. The summed E-state index contributed by atoms with van der Waals surface area (Å²) < 4.78 is 13.0. The molecule has 0 saturated carbocycles. The number of nitrogens with zero attached hydrogens (tertiary/aromatic N) is 1. The highest BCUT2D eigenvalue weighted by Crippen LogP contribution is 2.21. The van der Waals surface area contributed by atoms with E-state index in [1.54, 1.807) is 4.90 Å². The van der Waals surface area contributed by atoms with Crippen molar-refractivity contribution in [2.24, 2.45) is 5.92 Å². The molecule has 0 bridgehead atoms. The number of rotatable bonds is 3. The predicted octanol–water partition coefficient (Wildman–Crippen LogP) is 3.63. The van der Waals surface area contributed by atoms with Gasteiger partial charge in [-0.25, -0.2) is 4.39 Å². The highest BCUT2D eigenvalue weighted by molar-refractivity contribution is 5.96. The quantitative estimate of drug-likeness (QED) is 0.928. The lowest BCUT2D eigenvalue weighted by Gasteiger charge is -2.32. The summed E-state index contributed by atoms with van der Waals surface area (Å²) in [5, 5.41) is 2.93.